The zero-order chi connectivity index (χ0) is 14.7. The molecule has 2 aromatic rings. The Morgan fingerprint density at radius 3 is 2.81 bits per heavy atom. The van der Waals surface area contributed by atoms with E-state index in [0.29, 0.717) is 44.2 Å². The van der Waals surface area contributed by atoms with Crippen LogP contribution in [0.5, 0.6) is 0 Å². The monoisotopic (exact) mass is 290 g/mol. The lowest BCUT2D eigenvalue weighted by Crippen LogP contribution is -2.46. The van der Waals surface area contributed by atoms with Crippen LogP contribution in [0.3, 0.4) is 0 Å². The molecule has 0 aromatic carbocycles. The van der Waals surface area contributed by atoms with Crippen LogP contribution in [0, 0.1) is 0 Å². The van der Waals surface area contributed by atoms with Crippen LogP contribution in [0.2, 0.25) is 0 Å². The van der Waals surface area contributed by atoms with Gasteiger partial charge in [0.05, 0.1) is 18.8 Å². The van der Waals surface area contributed by atoms with E-state index in [-0.39, 0.29) is 6.61 Å². The van der Waals surface area contributed by atoms with Gasteiger partial charge in [0.2, 0.25) is 11.7 Å². The van der Waals surface area contributed by atoms with Gasteiger partial charge in [-0.15, -0.1) is 0 Å². The van der Waals surface area contributed by atoms with Gasteiger partial charge in [0.25, 0.3) is 0 Å². The quantitative estimate of drug-likeness (QED) is 0.844. The van der Waals surface area contributed by atoms with Crippen molar-refractivity contribution in [2.24, 2.45) is 0 Å². The third kappa shape index (κ3) is 3.26. The minimum atomic E-state index is -0.938. The van der Waals surface area contributed by atoms with E-state index in [0.717, 1.165) is 5.56 Å². The maximum absolute atomic E-state index is 9.98. The van der Waals surface area contributed by atoms with Crippen molar-refractivity contribution in [2.45, 2.75) is 25.0 Å². The van der Waals surface area contributed by atoms with Crippen LogP contribution < -0.4 is 0 Å². The maximum atomic E-state index is 9.98. The van der Waals surface area contributed by atoms with E-state index >= 15 is 0 Å². The highest BCUT2D eigenvalue weighted by Crippen LogP contribution is 2.23. The lowest BCUT2D eigenvalue weighted by molar-refractivity contribution is -0.0617. The summed E-state index contributed by atoms with van der Waals surface area (Å²) in [5.41, 5.74) is -0.118. The van der Waals surface area contributed by atoms with E-state index in [9.17, 15) is 5.11 Å². The molecule has 2 aromatic heterocycles. The topological polar surface area (TPSA) is 95.5 Å². The van der Waals surface area contributed by atoms with E-state index < -0.39 is 5.60 Å². The summed E-state index contributed by atoms with van der Waals surface area (Å²) in [6, 6.07) is 3.70. The van der Waals surface area contributed by atoms with Crippen LogP contribution in [0.25, 0.3) is 11.4 Å². The second kappa shape index (κ2) is 5.88. The molecule has 0 atom stereocenters. The average molecular weight is 290 g/mol. The number of piperidine rings is 1. The molecule has 1 fully saturated rings. The van der Waals surface area contributed by atoms with E-state index in [2.05, 4.69) is 20.0 Å². The molecule has 0 radical (unpaired) electrons. The van der Waals surface area contributed by atoms with Crippen LogP contribution in [-0.4, -0.2) is 55.5 Å². The fourth-order valence-electron chi connectivity index (χ4n) is 2.41. The zero-order valence-electron chi connectivity index (χ0n) is 11.6. The van der Waals surface area contributed by atoms with Crippen LogP contribution in [0.15, 0.2) is 29.0 Å². The van der Waals surface area contributed by atoms with E-state index in [4.69, 9.17) is 9.63 Å². The summed E-state index contributed by atoms with van der Waals surface area (Å²) in [5, 5.41) is 23.1. The number of nitrogens with zero attached hydrogens (tertiary/aromatic N) is 4. The van der Waals surface area contributed by atoms with Gasteiger partial charge in [-0.3, -0.25) is 9.88 Å². The summed E-state index contributed by atoms with van der Waals surface area (Å²) in [6.45, 7) is 1.75. The molecule has 0 bridgehead atoms. The van der Waals surface area contributed by atoms with Crippen LogP contribution in [-0.2, 0) is 6.54 Å². The minimum absolute atomic E-state index is 0.188. The Hall–Kier alpha value is -1.83. The van der Waals surface area contributed by atoms with Crippen molar-refractivity contribution in [2.75, 3.05) is 19.7 Å². The Balaban J connectivity index is 1.61. The number of hydrogen-bond donors (Lipinski definition) is 2. The number of pyridine rings is 1. The van der Waals surface area contributed by atoms with Crippen molar-refractivity contribution < 1.29 is 14.7 Å². The van der Waals surface area contributed by atoms with Crippen LogP contribution >= 0.6 is 0 Å². The Bertz CT molecular complexity index is 579. The second-order valence-electron chi connectivity index (χ2n) is 5.41. The lowest BCUT2D eigenvalue weighted by Gasteiger charge is -2.36. The molecular formula is C14H18N4O3. The molecule has 21 heavy (non-hydrogen) atoms. The van der Waals surface area contributed by atoms with Gasteiger partial charge in [-0.1, -0.05) is 5.16 Å². The first-order valence-electron chi connectivity index (χ1n) is 6.97. The van der Waals surface area contributed by atoms with Crippen molar-refractivity contribution in [3.8, 4) is 11.4 Å². The number of aliphatic hydroxyl groups is 2. The van der Waals surface area contributed by atoms with E-state index in [1.54, 1.807) is 12.4 Å². The predicted molar refractivity (Wildman–Crippen MR) is 74.1 cm³/mol. The molecule has 1 aliphatic rings. The Morgan fingerprint density at radius 2 is 2.14 bits per heavy atom. The predicted octanol–water partition coefficient (Wildman–Crippen LogP) is 0.451. The molecule has 112 valence electrons. The van der Waals surface area contributed by atoms with Crippen molar-refractivity contribution in [1.29, 1.82) is 0 Å². The molecule has 3 heterocycles. The first-order valence-corrected chi connectivity index (χ1v) is 6.97. The SMILES string of the molecule is OCC1(O)CCN(Cc2nc(-c3cccnc3)no2)CC1. The van der Waals surface area contributed by atoms with Gasteiger partial charge in [-0.25, -0.2) is 0 Å². The molecule has 7 heteroatoms. The summed E-state index contributed by atoms with van der Waals surface area (Å²) in [6.07, 6.45) is 4.48. The van der Waals surface area contributed by atoms with Gasteiger partial charge in [0.1, 0.15) is 0 Å². The Kier molecular flexibility index (Phi) is 3.96. The Labute approximate surface area is 122 Å². The summed E-state index contributed by atoms with van der Waals surface area (Å²) in [4.78, 5) is 10.5. The third-order valence-corrected chi connectivity index (χ3v) is 3.83. The van der Waals surface area contributed by atoms with Crippen molar-refractivity contribution in [3.63, 3.8) is 0 Å². The molecule has 7 nitrogen and oxygen atoms in total. The molecule has 0 aliphatic carbocycles. The molecule has 0 spiro atoms. The molecule has 0 amide bonds. The van der Waals surface area contributed by atoms with Crippen molar-refractivity contribution >= 4 is 0 Å². The number of aliphatic hydroxyl groups excluding tert-OH is 1. The van der Waals surface area contributed by atoms with Gasteiger partial charge < -0.3 is 14.7 Å². The second-order valence-corrected chi connectivity index (χ2v) is 5.41. The number of aromatic nitrogens is 3. The van der Waals surface area contributed by atoms with E-state index in [1.807, 2.05) is 12.1 Å². The highest BCUT2D eigenvalue weighted by atomic mass is 16.5. The van der Waals surface area contributed by atoms with Crippen molar-refractivity contribution in [1.82, 2.24) is 20.0 Å². The average Bonchev–Trinajstić information content (AvgIpc) is 2.99. The van der Waals surface area contributed by atoms with E-state index in [1.165, 1.54) is 0 Å². The summed E-state index contributed by atoms with van der Waals surface area (Å²) >= 11 is 0. The molecule has 1 saturated heterocycles. The van der Waals surface area contributed by atoms with Gasteiger partial charge in [-0.2, -0.15) is 4.98 Å². The van der Waals surface area contributed by atoms with Gasteiger partial charge in [0.15, 0.2) is 0 Å². The lowest BCUT2D eigenvalue weighted by atomic mass is 9.92. The first kappa shape index (κ1) is 14.1. The van der Waals surface area contributed by atoms with Crippen molar-refractivity contribution in [3.05, 3.63) is 30.4 Å². The Morgan fingerprint density at radius 1 is 1.33 bits per heavy atom. The zero-order valence-corrected chi connectivity index (χ0v) is 11.6. The first-order chi connectivity index (χ1) is 10.2. The van der Waals surface area contributed by atoms with Crippen LogP contribution in [0.1, 0.15) is 18.7 Å². The molecule has 3 rings (SSSR count). The van der Waals surface area contributed by atoms with Crippen LogP contribution in [0.4, 0.5) is 0 Å². The number of likely N-dealkylation sites (tertiary alicyclic amines) is 1. The molecule has 2 N–H and O–H groups in total. The summed E-state index contributed by atoms with van der Waals surface area (Å²) < 4.78 is 5.26. The largest absolute Gasteiger partial charge is 0.393 e. The summed E-state index contributed by atoms with van der Waals surface area (Å²) in [7, 11) is 0. The van der Waals surface area contributed by atoms with Gasteiger partial charge in [0, 0.05) is 31.0 Å². The smallest absolute Gasteiger partial charge is 0.241 e. The normalized spacial score (nSPS) is 18.8. The maximum Gasteiger partial charge on any atom is 0.241 e. The molecular weight excluding hydrogens is 272 g/mol. The number of hydrogen-bond acceptors (Lipinski definition) is 7. The highest BCUT2D eigenvalue weighted by Gasteiger charge is 2.31. The minimum Gasteiger partial charge on any atom is -0.393 e. The number of rotatable bonds is 4. The van der Waals surface area contributed by atoms with Gasteiger partial charge >= 0.3 is 0 Å². The summed E-state index contributed by atoms with van der Waals surface area (Å²) in [5.74, 6) is 1.07. The highest BCUT2D eigenvalue weighted by molar-refractivity contribution is 5.51. The molecule has 1 aliphatic heterocycles. The third-order valence-electron chi connectivity index (χ3n) is 3.83. The standard InChI is InChI=1S/C14H18N4O3/c19-10-14(20)3-6-18(7-4-14)9-12-16-13(17-21-12)11-2-1-5-15-8-11/h1-2,5,8,19-20H,3-4,6-7,9-10H2. The molecule has 0 unspecified atom stereocenters. The molecule has 0 saturated carbocycles. The fourth-order valence-corrected chi connectivity index (χ4v) is 2.41. The van der Waals surface area contributed by atoms with Gasteiger partial charge in [-0.05, 0) is 25.0 Å². The fraction of sp³-hybridized carbons (Fsp3) is 0.500.